The van der Waals surface area contributed by atoms with Crippen LogP contribution >= 0.6 is 0 Å². The topological polar surface area (TPSA) is 74.3 Å². The first-order valence-electron chi connectivity index (χ1n) is 14.5. The third-order valence-electron chi connectivity index (χ3n) is 8.50. The fraction of sp³-hybridized carbons (Fsp3) is 0.406. The lowest BCUT2D eigenvalue weighted by atomic mass is 9.82. The molecule has 1 unspecified atom stereocenters. The molecule has 3 aromatic heterocycles. The molecule has 2 aliphatic rings. The zero-order chi connectivity index (χ0) is 29.3. The minimum absolute atomic E-state index is 0.0232. The molecular weight excluding hydrogens is 543 g/mol. The summed E-state index contributed by atoms with van der Waals surface area (Å²) in [6, 6.07) is 10.0. The highest BCUT2D eigenvalue weighted by Gasteiger charge is 2.35. The molecule has 10 heteroatoms. The number of likely N-dealkylation sites (N-methyl/N-ethyl adjacent to an activating group) is 1. The zero-order valence-corrected chi connectivity index (χ0v) is 23.6. The lowest BCUT2D eigenvalue weighted by Gasteiger charge is -2.34. The van der Waals surface area contributed by atoms with Gasteiger partial charge in [0, 0.05) is 63.2 Å². The third kappa shape index (κ3) is 6.19. The fourth-order valence-corrected chi connectivity index (χ4v) is 6.06. The molecule has 0 bridgehead atoms. The number of carbonyl (C=O) groups excluding carboxylic acids is 1. The van der Waals surface area contributed by atoms with Crippen LogP contribution in [-0.4, -0.2) is 63.3 Å². The summed E-state index contributed by atoms with van der Waals surface area (Å²) in [6.45, 7) is 6.51. The van der Waals surface area contributed by atoms with Gasteiger partial charge in [0.2, 0.25) is 0 Å². The van der Waals surface area contributed by atoms with Gasteiger partial charge in [-0.15, -0.1) is 0 Å². The summed E-state index contributed by atoms with van der Waals surface area (Å²) in [5, 5.41) is 0.853. The van der Waals surface area contributed by atoms with Crippen LogP contribution in [0.5, 0.6) is 11.5 Å². The maximum Gasteiger partial charge on any atom is 0.416 e. The van der Waals surface area contributed by atoms with Crippen LogP contribution in [0.4, 0.5) is 13.2 Å². The lowest BCUT2D eigenvalue weighted by Crippen LogP contribution is -2.45. The highest BCUT2D eigenvalue weighted by Crippen LogP contribution is 2.35. The molecule has 220 valence electrons. The Balaban J connectivity index is 1.13. The molecule has 0 amide bonds. The van der Waals surface area contributed by atoms with E-state index < -0.39 is 11.7 Å². The van der Waals surface area contributed by atoms with Crippen molar-refractivity contribution in [3.8, 4) is 11.5 Å². The van der Waals surface area contributed by atoms with Gasteiger partial charge < -0.3 is 14.6 Å². The van der Waals surface area contributed by atoms with E-state index in [2.05, 4.69) is 31.7 Å². The number of ether oxygens (including phenoxy) is 1. The molecule has 1 fully saturated rings. The number of hydrogen-bond acceptors (Lipinski definition) is 6. The molecule has 0 spiro atoms. The van der Waals surface area contributed by atoms with Crippen molar-refractivity contribution in [2.45, 2.75) is 45.3 Å². The molecular formula is C32H34F3N5O2. The first kappa shape index (κ1) is 28.4. The van der Waals surface area contributed by atoms with Crippen LogP contribution in [0.25, 0.3) is 11.0 Å². The summed E-state index contributed by atoms with van der Waals surface area (Å²) in [5.74, 6) is 0.887. The van der Waals surface area contributed by atoms with E-state index in [-0.39, 0.29) is 30.2 Å². The van der Waals surface area contributed by atoms with E-state index in [0.717, 1.165) is 55.0 Å². The molecule has 1 atom stereocenters. The molecule has 0 radical (unpaired) electrons. The quantitative estimate of drug-likeness (QED) is 0.284. The van der Waals surface area contributed by atoms with Crippen LogP contribution in [0.15, 0.2) is 55.0 Å². The van der Waals surface area contributed by atoms with E-state index in [4.69, 9.17) is 4.74 Å². The molecule has 0 saturated carbocycles. The van der Waals surface area contributed by atoms with Gasteiger partial charge in [0.1, 0.15) is 22.9 Å². The summed E-state index contributed by atoms with van der Waals surface area (Å²) in [7, 11) is 0. The van der Waals surface area contributed by atoms with Crippen molar-refractivity contribution in [3.05, 3.63) is 82.9 Å². The second-order valence-corrected chi connectivity index (χ2v) is 11.2. The third-order valence-corrected chi connectivity index (χ3v) is 8.50. The highest BCUT2D eigenvalue weighted by molar-refractivity contribution is 5.84. The first-order valence-corrected chi connectivity index (χ1v) is 14.5. The van der Waals surface area contributed by atoms with Gasteiger partial charge >= 0.3 is 6.18 Å². The molecule has 4 heterocycles. The van der Waals surface area contributed by atoms with Gasteiger partial charge in [-0.25, -0.2) is 4.98 Å². The van der Waals surface area contributed by atoms with Crippen LogP contribution in [0.2, 0.25) is 0 Å². The average Bonchev–Trinajstić information content (AvgIpc) is 3.47. The molecule has 1 aromatic carbocycles. The SMILES string of the molecule is CCN1CCN(Cc2ccc(CC(=O)C3CCc4ncc(Oc5ccnc6[nH]ccc56)cc4C3)cc2C(F)(F)F)CC1. The Bertz CT molecular complexity index is 1580. The van der Waals surface area contributed by atoms with Crippen molar-refractivity contribution in [1.82, 2.24) is 24.8 Å². The van der Waals surface area contributed by atoms with E-state index in [9.17, 15) is 18.0 Å². The minimum atomic E-state index is -4.48. The number of alkyl halides is 3. The van der Waals surface area contributed by atoms with E-state index in [0.29, 0.717) is 36.3 Å². The van der Waals surface area contributed by atoms with Crippen molar-refractivity contribution in [1.29, 1.82) is 0 Å². The Labute approximate surface area is 242 Å². The summed E-state index contributed by atoms with van der Waals surface area (Å²) < 4.78 is 48.4. The van der Waals surface area contributed by atoms with Crippen molar-refractivity contribution in [2.24, 2.45) is 5.92 Å². The fourth-order valence-electron chi connectivity index (χ4n) is 6.06. The predicted molar refractivity (Wildman–Crippen MR) is 153 cm³/mol. The second kappa shape index (κ2) is 11.9. The van der Waals surface area contributed by atoms with Crippen LogP contribution in [0.1, 0.15) is 41.3 Å². The number of Topliss-reactive ketones (excluding diaryl/α,β-unsaturated/α-hetero) is 1. The van der Waals surface area contributed by atoms with Gasteiger partial charge in [0.05, 0.1) is 17.1 Å². The Morgan fingerprint density at radius 2 is 1.88 bits per heavy atom. The average molecular weight is 578 g/mol. The smallest absolute Gasteiger partial charge is 0.416 e. The molecule has 4 aromatic rings. The van der Waals surface area contributed by atoms with Gasteiger partial charge in [-0.2, -0.15) is 13.2 Å². The molecule has 42 heavy (non-hydrogen) atoms. The van der Waals surface area contributed by atoms with Gasteiger partial charge in [-0.3, -0.25) is 14.7 Å². The van der Waals surface area contributed by atoms with Gasteiger partial charge in [0.25, 0.3) is 0 Å². The van der Waals surface area contributed by atoms with E-state index >= 15 is 0 Å². The normalized spacial score (nSPS) is 18.2. The number of piperazine rings is 1. The summed E-state index contributed by atoms with van der Waals surface area (Å²) in [6.07, 6.45) is 2.40. The lowest BCUT2D eigenvalue weighted by molar-refractivity contribution is -0.138. The molecule has 1 N–H and O–H groups in total. The molecule has 6 rings (SSSR count). The van der Waals surface area contributed by atoms with Gasteiger partial charge in [-0.1, -0.05) is 19.1 Å². The molecule has 1 aliphatic carbocycles. The van der Waals surface area contributed by atoms with Crippen molar-refractivity contribution >= 4 is 16.8 Å². The zero-order valence-electron chi connectivity index (χ0n) is 23.6. The van der Waals surface area contributed by atoms with Crippen molar-refractivity contribution in [2.75, 3.05) is 32.7 Å². The van der Waals surface area contributed by atoms with E-state index in [1.54, 1.807) is 36.8 Å². The molecule has 7 nitrogen and oxygen atoms in total. The Morgan fingerprint density at radius 3 is 2.67 bits per heavy atom. The summed E-state index contributed by atoms with van der Waals surface area (Å²) >= 11 is 0. The van der Waals surface area contributed by atoms with E-state index in [1.165, 1.54) is 6.07 Å². The number of benzene rings is 1. The van der Waals surface area contributed by atoms with Crippen molar-refractivity contribution in [3.63, 3.8) is 0 Å². The molecule has 1 aliphatic heterocycles. The largest absolute Gasteiger partial charge is 0.455 e. The maximum absolute atomic E-state index is 14.1. The number of aryl methyl sites for hydroxylation is 1. The standard InChI is InChI=1S/C32H34F3N5O2/c1-2-39-11-13-40(14-12-39)20-23-4-3-21(15-27(23)32(33,34)35)16-29(41)22-5-6-28-24(17-22)18-25(19-38-28)42-30-8-10-37-31-26(30)7-9-36-31/h3-4,7-10,15,18-19,22H,2,5-6,11-14,16-17,20H2,1H3,(H,36,37). The number of halogens is 3. The van der Waals surface area contributed by atoms with E-state index in [1.807, 2.05) is 12.1 Å². The van der Waals surface area contributed by atoms with Crippen molar-refractivity contribution < 1.29 is 22.7 Å². The number of carbonyl (C=O) groups is 1. The molecule has 1 saturated heterocycles. The number of rotatable bonds is 8. The highest BCUT2D eigenvalue weighted by atomic mass is 19.4. The summed E-state index contributed by atoms with van der Waals surface area (Å²) in [4.78, 5) is 29.6. The number of fused-ring (bicyclic) bond motifs is 2. The Morgan fingerprint density at radius 1 is 1.07 bits per heavy atom. The maximum atomic E-state index is 14.1. The number of nitrogens with zero attached hydrogens (tertiary/aromatic N) is 4. The number of hydrogen-bond donors (Lipinski definition) is 1. The number of nitrogens with one attached hydrogen (secondary N) is 1. The van der Waals surface area contributed by atoms with Crippen LogP contribution < -0.4 is 4.74 Å². The Kier molecular flexibility index (Phi) is 8.00. The monoisotopic (exact) mass is 577 g/mol. The minimum Gasteiger partial charge on any atom is -0.455 e. The number of H-pyrrole nitrogens is 1. The number of pyridine rings is 2. The summed E-state index contributed by atoms with van der Waals surface area (Å²) in [5.41, 5.74) is 2.61. The number of aromatic nitrogens is 3. The number of ketones is 1. The van der Waals surface area contributed by atoms with Crippen LogP contribution in [0.3, 0.4) is 0 Å². The van der Waals surface area contributed by atoms with Gasteiger partial charge in [-0.05, 0) is 66.8 Å². The number of aromatic amines is 1. The second-order valence-electron chi connectivity index (χ2n) is 11.2. The predicted octanol–water partition coefficient (Wildman–Crippen LogP) is 5.82. The van der Waals surface area contributed by atoms with Crippen LogP contribution in [0, 0.1) is 5.92 Å². The van der Waals surface area contributed by atoms with Crippen LogP contribution in [-0.2, 0) is 36.8 Å². The first-order chi connectivity index (χ1) is 20.3. The Hall–Kier alpha value is -3.76. The van der Waals surface area contributed by atoms with Gasteiger partial charge in [0.15, 0.2) is 0 Å².